The topological polar surface area (TPSA) is 20.2 Å². The fourth-order valence-electron chi connectivity index (χ4n) is 1.31. The summed E-state index contributed by atoms with van der Waals surface area (Å²) in [6.45, 7) is 7.61. The largest absolute Gasteiger partial charge is 0.400 e. The van der Waals surface area contributed by atoms with Gasteiger partial charge in [-0.2, -0.15) is 0 Å². The summed E-state index contributed by atoms with van der Waals surface area (Å²) >= 11 is 0. The zero-order chi connectivity index (χ0) is 9.82. The van der Waals surface area contributed by atoms with Crippen LogP contribution >= 0.6 is 0 Å². The molecule has 1 saturated carbocycles. The molecule has 0 aromatic heterocycles. The van der Waals surface area contributed by atoms with Crippen LogP contribution in [0.5, 0.6) is 0 Å². The fourth-order valence-corrected chi connectivity index (χ4v) is 1.31. The van der Waals surface area contributed by atoms with Gasteiger partial charge in [-0.15, -0.1) is 6.58 Å². The van der Waals surface area contributed by atoms with Gasteiger partial charge >= 0.3 is 0 Å². The van der Waals surface area contributed by atoms with Crippen molar-refractivity contribution in [2.45, 2.75) is 46.0 Å². The van der Waals surface area contributed by atoms with Crippen molar-refractivity contribution in [3.05, 3.63) is 12.7 Å². The van der Waals surface area contributed by atoms with Crippen molar-refractivity contribution >= 4 is 0 Å². The van der Waals surface area contributed by atoms with E-state index in [2.05, 4.69) is 13.5 Å². The minimum atomic E-state index is 1.00. The van der Waals surface area contributed by atoms with Gasteiger partial charge in [-0.1, -0.05) is 45.1 Å². The fraction of sp³-hybridized carbons (Fsp3) is 0.818. The van der Waals surface area contributed by atoms with Crippen LogP contribution in [0.1, 0.15) is 46.0 Å². The Kier molecular flexibility index (Phi) is 15.8. The Hall–Kier alpha value is -0.300. The van der Waals surface area contributed by atoms with Crippen LogP contribution in [0.15, 0.2) is 12.7 Å². The van der Waals surface area contributed by atoms with E-state index in [0.29, 0.717) is 0 Å². The molecule has 0 aliphatic heterocycles. The molecule has 1 heteroatoms. The second-order valence-corrected chi connectivity index (χ2v) is 3.15. The summed E-state index contributed by atoms with van der Waals surface area (Å²) in [4.78, 5) is 0. The molecule has 0 amide bonds. The van der Waals surface area contributed by atoms with E-state index >= 15 is 0 Å². The molecule has 0 bridgehead atoms. The molecule has 0 spiro atoms. The summed E-state index contributed by atoms with van der Waals surface area (Å²) in [5, 5.41) is 7.00. The van der Waals surface area contributed by atoms with E-state index in [1.165, 1.54) is 32.1 Å². The average Bonchev–Trinajstić information content (AvgIpc) is 2.11. The van der Waals surface area contributed by atoms with Gasteiger partial charge in [0.2, 0.25) is 0 Å². The molecule has 1 aliphatic rings. The molecule has 12 heavy (non-hydrogen) atoms. The maximum Gasteiger partial charge on any atom is 0.0319 e. The van der Waals surface area contributed by atoms with E-state index in [1.54, 1.807) is 6.08 Å². The van der Waals surface area contributed by atoms with Gasteiger partial charge < -0.3 is 5.11 Å². The molecule has 0 radical (unpaired) electrons. The molecule has 1 N–H and O–H groups in total. The van der Waals surface area contributed by atoms with Gasteiger partial charge in [-0.3, -0.25) is 0 Å². The van der Waals surface area contributed by atoms with E-state index in [4.69, 9.17) is 5.11 Å². The van der Waals surface area contributed by atoms with Crippen LogP contribution in [-0.4, -0.2) is 12.2 Å². The van der Waals surface area contributed by atoms with Crippen molar-refractivity contribution in [3.63, 3.8) is 0 Å². The molecule has 1 nitrogen and oxygen atoms in total. The van der Waals surface area contributed by atoms with Gasteiger partial charge in [0, 0.05) is 7.11 Å². The van der Waals surface area contributed by atoms with Crippen LogP contribution in [0.4, 0.5) is 0 Å². The molecule has 0 saturated heterocycles. The van der Waals surface area contributed by atoms with E-state index in [1.807, 2.05) is 6.92 Å². The first kappa shape index (κ1) is 14.2. The Morgan fingerprint density at radius 2 is 1.50 bits per heavy atom. The normalized spacial score (nSPS) is 16.3. The Bertz CT molecular complexity index is 73.1. The lowest BCUT2D eigenvalue weighted by atomic mass is 9.91. The zero-order valence-electron chi connectivity index (χ0n) is 8.84. The predicted octanol–water partition coefficient (Wildman–Crippen LogP) is 3.39. The lowest BCUT2D eigenvalue weighted by Crippen LogP contribution is -1.99. The van der Waals surface area contributed by atoms with E-state index in [9.17, 15) is 0 Å². The highest BCUT2D eigenvalue weighted by Gasteiger charge is 2.05. The maximum atomic E-state index is 7.00. The predicted molar refractivity (Wildman–Crippen MR) is 56.3 cm³/mol. The van der Waals surface area contributed by atoms with Gasteiger partial charge in [0.15, 0.2) is 0 Å². The van der Waals surface area contributed by atoms with Crippen LogP contribution in [0.2, 0.25) is 0 Å². The third-order valence-corrected chi connectivity index (χ3v) is 1.89. The smallest absolute Gasteiger partial charge is 0.0319 e. The van der Waals surface area contributed by atoms with Crippen LogP contribution in [-0.2, 0) is 0 Å². The van der Waals surface area contributed by atoms with Crippen molar-refractivity contribution in [1.29, 1.82) is 0 Å². The number of rotatable bonds is 0. The number of hydrogen-bond donors (Lipinski definition) is 1. The summed E-state index contributed by atoms with van der Waals surface area (Å²) in [5.41, 5.74) is 0. The first-order valence-corrected chi connectivity index (χ1v) is 4.83. The summed E-state index contributed by atoms with van der Waals surface area (Å²) in [6, 6.07) is 0. The Morgan fingerprint density at radius 1 is 1.17 bits per heavy atom. The average molecular weight is 172 g/mol. The van der Waals surface area contributed by atoms with Crippen LogP contribution < -0.4 is 0 Å². The molecular weight excluding hydrogens is 148 g/mol. The second kappa shape index (κ2) is 13.3. The first-order chi connectivity index (χ1) is 5.81. The van der Waals surface area contributed by atoms with Crippen LogP contribution in [0.25, 0.3) is 0 Å². The van der Waals surface area contributed by atoms with Crippen molar-refractivity contribution in [2.24, 2.45) is 5.92 Å². The van der Waals surface area contributed by atoms with Crippen molar-refractivity contribution < 1.29 is 5.11 Å². The maximum absolute atomic E-state index is 7.00. The van der Waals surface area contributed by atoms with E-state index < -0.39 is 0 Å². The first-order valence-electron chi connectivity index (χ1n) is 4.83. The number of hydrogen-bond acceptors (Lipinski definition) is 1. The summed E-state index contributed by atoms with van der Waals surface area (Å²) in [7, 11) is 1.00. The minimum Gasteiger partial charge on any atom is -0.400 e. The molecule has 0 atom stereocenters. The third kappa shape index (κ3) is 12.4. The highest BCUT2D eigenvalue weighted by Crippen LogP contribution is 2.21. The molecule has 0 aromatic rings. The molecule has 0 aromatic carbocycles. The third-order valence-electron chi connectivity index (χ3n) is 1.89. The Balaban J connectivity index is 0. The van der Waals surface area contributed by atoms with Gasteiger partial charge in [0.1, 0.15) is 0 Å². The highest BCUT2D eigenvalue weighted by molar-refractivity contribution is 4.59. The molecule has 0 heterocycles. The second-order valence-electron chi connectivity index (χ2n) is 3.15. The van der Waals surface area contributed by atoms with E-state index in [-0.39, 0.29) is 0 Å². The van der Waals surface area contributed by atoms with Crippen LogP contribution in [0.3, 0.4) is 0 Å². The minimum absolute atomic E-state index is 1.00. The SMILES string of the molecule is C=CC.CC1CCCCC1.CO. The summed E-state index contributed by atoms with van der Waals surface area (Å²) in [5.74, 6) is 1.04. The highest BCUT2D eigenvalue weighted by atomic mass is 16.2. The van der Waals surface area contributed by atoms with Gasteiger partial charge in [0.25, 0.3) is 0 Å². The molecule has 0 unspecified atom stereocenters. The van der Waals surface area contributed by atoms with Gasteiger partial charge in [0.05, 0.1) is 0 Å². The van der Waals surface area contributed by atoms with Crippen molar-refractivity contribution in [1.82, 2.24) is 0 Å². The molecule has 1 fully saturated rings. The number of aliphatic hydroxyl groups is 1. The lowest BCUT2D eigenvalue weighted by molar-refractivity contribution is 0.385. The molecule has 1 aliphatic carbocycles. The van der Waals surface area contributed by atoms with Gasteiger partial charge in [-0.05, 0) is 12.8 Å². The Morgan fingerprint density at radius 3 is 1.67 bits per heavy atom. The zero-order valence-corrected chi connectivity index (χ0v) is 8.84. The number of allylic oxidation sites excluding steroid dienone is 1. The molecular formula is C11H24O. The number of aliphatic hydroxyl groups excluding tert-OH is 1. The summed E-state index contributed by atoms with van der Waals surface area (Å²) in [6.07, 6.45) is 9.19. The van der Waals surface area contributed by atoms with Gasteiger partial charge in [-0.25, -0.2) is 0 Å². The summed E-state index contributed by atoms with van der Waals surface area (Å²) < 4.78 is 0. The molecule has 74 valence electrons. The van der Waals surface area contributed by atoms with Crippen molar-refractivity contribution in [2.75, 3.05) is 7.11 Å². The lowest BCUT2D eigenvalue weighted by Gasteiger charge is -2.15. The quantitative estimate of drug-likeness (QED) is 0.555. The van der Waals surface area contributed by atoms with E-state index in [0.717, 1.165) is 13.0 Å². The van der Waals surface area contributed by atoms with Crippen molar-refractivity contribution in [3.8, 4) is 0 Å². The van der Waals surface area contributed by atoms with Crippen LogP contribution in [0, 0.1) is 5.92 Å². The molecule has 1 rings (SSSR count). The standard InChI is InChI=1S/C7H14.C3H6.CH4O/c1-7-5-3-2-4-6-7;1-3-2;1-2/h7H,2-6H2,1H3;3H,1H2,2H3;2H,1H3. The Labute approximate surface area is 77.5 Å². The monoisotopic (exact) mass is 172 g/mol.